The number of aliphatic hydroxyl groups is 5. The highest BCUT2D eigenvalue weighted by molar-refractivity contribution is 5.80. The van der Waals surface area contributed by atoms with Crippen LogP contribution in [0.2, 0.25) is 0 Å². The molecule has 0 radical (unpaired) electrons. The molecular formula is C27H47NO12. The van der Waals surface area contributed by atoms with Gasteiger partial charge in [0.2, 0.25) is 0 Å². The molecule has 40 heavy (non-hydrogen) atoms. The van der Waals surface area contributed by atoms with Crippen molar-refractivity contribution in [3.8, 4) is 0 Å². The SMILES string of the molecule is CC[C@@H]1CCC[C@@H](O[C@@H]2OC(CO)[C@H](O)C3O[C@@H](C(=O)N(C)C)CCCOC32)C1O[C@@H]1OC(C)[C@@H](O)C(O)[C@@H]1O. The Morgan fingerprint density at radius 3 is 2.30 bits per heavy atom. The normalized spacial score (nSPS) is 46.6. The Balaban J connectivity index is 1.55. The molecule has 3 heterocycles. The van der Waals surface area contributed by atoms with Crippen LogP contribution in [0.5, 0.6) is 0 Å². The summed E-state index contributed by atoms with van der Waals surface area (Å²) >= 11 is 0. The maximum Gasteiger partial charge on any atom is 0.251 e. The number of aliphatic hydroxyl groups excluding tert-OH is 5. The molecule has 4 aliphatic rings. The first kappa shape index (κ1) is 32.0. The molecule has 14 atom stereocenters. The molecule has 4 fully saturated rings. The van der Waals surface area contributed by atoms with E-state index in [1.165, 1.54) is 4.90 Å². The molecule has 1 amide bonds. The lowest BCUT2D eigenvalue weighted by atomic mass is 9.82. The van der Waals surface area contributed by atoms with Crippen LogP contribution in [-0.2, 0) is 33.2 Å². The molecule has 1 saturated carbocycles. The number of likely N-dealkylation sites (N-methyl/N-ethyl adjacent to an activating group) is 1. The summed E-state index contributed by atoms with van der Waals surface area (Å²) in [5, 5.41) is 52.0. The Morgan fingerprint density at radius 2 is 1.62 bits per heavy atom. The molecule has 13 nitrogen and oxygen atoms in total. The Morgan fingerprint density at radius 1 is 0.875 bits per heavy atom. The van der Waals surface area contributed by atoms with Gasteiger partial charge in [-0.2, -0.15) is 0 Å². The van der Waals surface area contributed by atoms with Crippen molar-refractivity contribution in [2.75, 3.05) is 27.3 Å². The van der Waals surface area contributed by atoms with Gasteiger partial charge in [0, 0.05) is 20.7 Å². The van der Waals surface area contributed by atoms with Crippen molar-refractivity contribution in [3.63, 3.8) is 0 Å². The summed E-state index contributed by atoms with van der Waals surface area (Å²) < 4.78 is 36.7. The van der Waals surface area contributed by atoms with E-state index in [2.05, 4.69) is 0 Å². The lowest BCUT2D eigenvalue weighted by Gasteiger charge is -2.48. The molecule has 3 aliphatic heterocycles. The molecule has 1 aliphatic carbocycles. The number of fused-ring (bicyclic) bond motifs is 1. The van der Waals surface area contributed by atoms with Crippen molar-refractivity contribution in [3.05, 3.63) is 0 Å². The molecule has 0 aromatic rings. The van der Waals surface area contributed by atoms with Crippen LogP contribution in [0, 0.1) is 5.92 Å². The van der Waals surface area contributed by atoms with Crippen molar-refractivity contribution in [2.45, 2.75) is 132 Å². The van der Waals surface area contributed by atoms with Gasteiger partial charge in [-0.1, -0.05) is 19.8 Å². The minimum atomic E-state index is -1.45. The molecule has 13 heteroatoms. The minimum Gasteiger partial charge on any atom is -0.394 e. The number of hydrogen-bond donors (Lipinski definition) is 5. The first-order valence-electron chi connectivity index (χ1n) is 14.5. The highest BCUT2D eigenvalue weighted by Crippen LogP contribution is 2.37. The van der Waals surface area contributed by atoms with Gasteiger partial charge in [-0.05, 0) is 38.5 Å². The fraction of sp³-hybridized carbons (Fsp3) is 0.963. The predicted octanol–water partition coefficient (Wildman–Crippen LogP) is -1.11. The first-order valence-corrected chi connectivity index (χ1v) is 14.5. The summed E-state index contributed by atoms with van der Waals surface area (Å²) in [5.74, 6) is -0.180. The van der Waals surface area contributed by atoms with Gasteiger partial charge in [0.05, 0.1) is 24.9 Å². The average Bonchev–Trinajstić information content (AvgIpc) is 2.92. The van der Waals surface area contributed by atoms with E-state index in [0.29, 0.717) is 25.9 Å². The lowest BCUT2D eigenvalue weighted by Crippen LogP contribution is -2.64. The van der Waals surface area contributed by atoms with E-state index >= 15 is 0 Å². The summed E-state index contributed by atoms with van der Waals surface area (Å²) in [5.41, 5.74) is 0. The van der Waals surface area contributed by atoms with Gasteiger partial charge < -0.3 is 58.9 Å². The van der Waals surface area contributed by atoms with Crippen molar-refractivity contribution in [2.24, 2.45) is 5.92 Å². The second kappa shape index (κ2) is 14.0. The second-order valence-corrected chi connectivity index (χ2v) is 11.6. The molecule has 3 saturated heterocycles. The van der Waals surface area contributed by atoms with E-state index in [0.717, 1.165) is 19.3 Å². The summed E-state index contributed by atoms with van der Waals surface area (Å²) in [4.78, 5) is 14.2. The lowest BCUT2D eigenvalue weighted by molar-refractivity contribution is -0.354. The zero-order valence-corrected chi connectivity index (χ0v) is 23.8. The van der Waals surface area contributed by atoms with E-state index in [1.54, 1.807) is 21.0 Å². The van der Waals surface area contributed by atoms with Gasteiger partial charge in [-0.25, -0.2) is 0 Å². The van der Waals surface area contributed by atoms with Crippen LogP contribution in [0.25, 0.3) is 0 Å². The Hall–Kier alpha value is -0.970. The highest BCUT2D eigenvalue weighted by atomic mass is 16.7. The van der Waals surface area contributed by atoms with Gasteiger partial charge in [0.25, 0.3) is 5.91 Å². The van der Waals surface area contributed by atoms with Crippen LogP contribution in [0.15, 0.2) is 0 Å². The summed E-state index contributed by atoms with van der Waals surface area (Å²) in [6.45, 7) is 3.42. The zero-order valence-electron chi connectivity index (χ0n) is 23.8. The molecule has 0 aromatic heterocycles. The van der Waals surface area contributed by atoms with Crippen LogP contribution in [0.3, 0.4) is 0 Å². The van der Waals surface area contributed by atoms with Crippen molar-refractivity contribution < 1.29 is 58.7 Å². The summed E-state index contributed by atoms with van der Waals surface area (Å²) in [7, 11) is 3.28. The van der Waals surface area contributed by atoms with Crippen LogP contribution < -0.4 is 0 Å². The number of carbonyl (C=O) groups excluding carboxylic acids is 1. The van der Waals surface area contributed by atoms with E-state index in [9.17, 15) is 30.3 Å². The third kappa shape index (κ3) is 6.81. The van der Waals surface area contributed by atoms with Crippen molar-refractivity contribution in [1.82, 2.24) is 4.90 Å². The topological polar surface area (TPSA) is 177 Å². The third-order valence-electron chi connectivity index (χ3n) is 8.58. The zero-order chi connectivity index (χ0) is 29.1. The van der Waals surface area contributed by atoms with E-state index in [1.807, 2.05) is 6.92 Å². The first-order chi connectivity index (χ1) is 19.1. The average molecular weight is 578 g/mol. The van der Waals surface area contributed by atoms with Crippen molar-refractivity contribution in [1.29, 1.82) is 0 Å². The van der Waals surface area contributed by atoms with Gasteiger partial charge in [-0.15, -0.1) is 0 Å². The van der Waals surface area contributed by atoms with E-state index in [4.69, 9.17) is 28.4 Å². The number of ether oxygens (including phenoxy) is 6. The molecule has 232 valence electrons. The Kier molecular flexibility index (Phi) is 11.2. The minimum absolute atomic E-state index is 0.0454. The highest BCUT2D eigenvalue weighted by Gasteiger charge is 2.52. The summed E-state index contributed by atoms with van der Waals surface area (Å²) in [6.07, 6.45) is -9.12. The van der Waals surface area contributed by atoms with Crippen LogP contribution in [0.1, 0.15) is 52.4 Å². The second-order valence-electron chi connectivity index (χ2n) is 11.6. The molecule has 6 unspecified atom stereocenters. The Labute approximate surface area is 235 Å². The van der Waals surface area contributed by atoms with Gasteiger partial charge in [-0.3, -0.25) is 4.79 Å². The van der Waals surface area contributed by atoms with E-state index in [-0.39, 0.29) is 11.8 Å². The van der Waals surface area contributed by atoms with E-state index < -0.39 is 86.3 Å². The smallest absolute Gasteiger partial charge is 0.251 e. The molecular weight excluding hydrogens is 530 g/mol. The summed E-state index contributed by atoms with van der Waals surface area (Å²) in [6, 6.07) is 0. The van der Waals surface area contributed by atoms with Gasteiger partial charge in [0.1, 0.15) is 48.8 Å². The van der Waals surface area contributed by atoms with Crippen LogP contribution >= 0.6 is 0 Å². The largest absolute Gasteiger partial charge is 0.394 e. The monoisotopic (exact) mass is 577 g/mol. The molecule has 0 bridgehead atoms. The maximum absolute atomic E-state index is 12.8. The number of nitrogens with zero attached hydrogens (tertiary/aromatic N) is 1. The molecule has 5 N–H and O–H groups in total. The number of amides is 1. The third-order valence-corrected chi connectivity index (χ3v) is 8.58. The number of rotatable bonds is 7. The number of carbonyl (C=O) groups is 1. The fourth-order valence-electron chi connectivity index (χ4n) is 6.15. The van der Waals surface area contributed by atoms with Crippen molar-refractivity contribution >= 4 is 5.91 Å². The standard InChI is InChI=1S/C27H47NO12/c1-5-14-8-6-9-15(22(14)40-26-21(33)20(32)18(30)13(2)36-26)38-27-24-23(19(31)17(12-29)39-27)37-16(10-7-11-35-24)25(34)28(3)4/h13-24,26-27,29-33H,5-12H2,1-4H3/t13?,14-,15-,16-,17?,18-,19+,20?,21+,22?,23?,24?,26+,27-/m1/s1. The predicted molar refractivity (Wildman–Crippen MR) is 138 cm³/mol. The number of hydrogen-bond acceptors (Lipinski definition) is 12. The Bertz CT molecular complexity index is 818. The molecule has 0 spiro atoms. The molecule has 4 rings (SSSR count). The maximum atomic E-state index is 12.8. The fourth-order valence-corrected chi connectivity index (χ4v) is 6.15. The molecule has 0 aromatic carbocycles. The van der Waals surface area contributed by atoms with Gasteiger partial charge in [0.15, 0.2) is 12.6 Å². The quantitative estimate of drug-likeness (QED) is 0.247. The van der Waals surface area contributed by atoms with Crippen LogP contribution in [0.4, 0.5) is 0 Å². The van der Waals surface area contributed by atoms with Gasteiger partial charge >= 0.3 is 0 Å². The van der Waals surface area contributed by atoms with Crippen LogP contribution in [-0.4, -0.2) is 143 Å².